The molecule has 0 aromatic heterocycles. The van der Waals surface area contributed by atoms with E-state index in [1.54, 1.807) is 36.0 Å². The number of thioether (sulfide) groups is 1. The number of halogens is 1. The van der Waals surface area contributed by atoms with Crippen LogP contribution in [0.3, 0.4) is 0 Å². The monoisotopic (exact) mass is 492 g/mol. The van der Waals surface area contributed by atoms with Crippen molar-refractivity contribution < 1.29 is 17.6 Å². The van der Waals surface area contributed by atoms with Gasteiger partial charge in [0.1, 0.15) is 5.82 Å². The maximum atomic E-state index is 14.0. The maximum Gasteiger partial charge on any atom is 0.240 e. The minimum absolute atomic E-state index is 0.105. The minimum atomic E-state index is -3.67. The summed E-state index contributed by atoms with van der Waals surface area (Å²) in [6, 6.07) is 11.7. The number of fused-ring (bicyclic) bond motifs is 1. The van der Waals surface area contributed by atoms with Crippen LogP contribution in [0.5, 0.6) is 0 Å². The summed E-state index contributed by atoms with van der Waals surface area (Å²) in [6.45, 7) is 6.16. The number of benzene rings is 2. The number of piperazine rings is 1. The second kappa shape index (κ2) is 10.4. The molecule has 2 heterocycles. The molecule has 0 unspecified atom stereocenters. The van der Waals surface area contributed by atoms with Crippen LogP contribution >= 0.6 is 11.8 Å². The molecule has 7 nitrogen and oxygen atoms in total. The van der Waals surface area contributed by atoms with Gasteiger partial charge in [-0.05, 0) is 43.3 Å². The fourth-order valence-electron chi connectivity index (χ4n) is 4.11. The lowest BCUT2D eigenvalue weighted by molar-refractivity contribution is -0.116. The van der Waals surface area contributed by atoms with Crippen molar-refractivity contribution in [1.82, 2.24) is 9.62 Å². The number of hydrogen-bond acceptors (Lipinski definition) is 6. The van der Waals surface area contributed by atoms with Gasteiger partial charge in [-0.2, -0.15) is 0 Å². The van der Waals surface area contributed by atoms with Crippen molar-refractivity contribution in [3.05, 3.63) is 48.3 Å². The van der Waals surface area contributed by atoms with Gasteiger partial charge in [0, 0.05) is 49.3 Å². The predicted octanol–water partition coefficient (Wildman–Crippen LogP) is 3.14. The molecule has 1 saturated heterocycles. The lowest BCUT2D eigenvalue weighted by Crippen LogP contribution is -2.47. The van der Waals surface area contributed by atoms with Crippen LogP contribution < -0.4 is 14.9 Å². The van der Waals surface area contributed by atoms with Gasteiger partial charge in [0.25, 0.3) is 0 Å². The lowest BCUT2D eigenvalue weighted by atomic mass is 10.2. The first-order valence-corrected chi connectivity index (χ1v) is 13.5. The Bertz CT molecular complexity index is 1100. The van der Waals surface area contributed by atoms with Crippen LogP contribution in [0.25, 0.3) is 0 Å². The van der Waals surface area contributed by atoms with E-state index in [0.717, 1.165) is 37.6 Å². The van der Waals surface area contributed by atoms with Crippen molar-refractivity contribution in [2.24, 2.45) is 0 Å². The van der Waals surface area contributed by atoms with Gasteiger partial charge in [0.15, 0.2) is 0 Å². The van der Waals surface area contributed by atoms with Crippen molar-refractivity contribution in [2.45, 2.75) is 34.8 Å². The summed E-state index contributed by atoms with van der Waals surface area (Å²) in [5.41, 5.74) is 1.18. The molecule has 0 aliphatic carbocycles. The molecule has 2 aliphatic heterocycles. The fourth-order valence-corrected chi connectivity index (χ4v) is 6.26. The molecule has 0 saturated carbocycles. The average molecular weight is 493 g/mol. The molecule has 0 bridgehead atoms. The number of nitrogens with one attached hydrogen (secondary N) is 2. The number of carbonyl (C=O) groups is 1. The molecular formula is C23H29FN4O3S2. The summed E-state index contributed by atoms with van der Waals surface area (Å²) in [4.78, 5) is 17.3. The smallest absolute Gasteiger partial charge is 0.240 e. The molecule has 1 fully saturated rings. The molecule has 2 N–H and O–H groups in total. The van der Waals surface area contributed by atoms with E-state index in [-0.39, 0.29) is 21.9 Å². The zero-order chi connectivity index (χ0) is 23.4. The Labute approximate surface area is 198 Å². The van der Waals surface area contributed by atoms with Crippen molar-refractivity contribution >= 4 is 39.1 Å². The van der Waals surface area contributed by atoms with E-state index in [0.29, 0.717) is 30.8 Å². The first-order valence-electron chi connectivity index (χ1n) is 11.1. The second-order valence-corrected chi connectivity index (χ2v) is 11.6. The zero-order valence-electron chi connectivity index (χ0n) is 18.6. The van der Waals surface area contributed by atoms with Crippen molar-refractivity contribution in [1.29, 1.82) is 0 Å². The summed E-state index contributed by atoms with van der Waals surface area (Å²) in [7, 11) is -3.67. The van der Waals surface area contributed by atoms with Gasteiger partial charge in [-0.25, -0.2) is 17.5 Å². The first kappa shape index (κ1) is 24.0. The summed E-state index contributed by atoms with van der Waals surface area (Å²) in [5, 5.41) is 2.95. The van der Waals surface area contributed by atoms with Crippen molar-refractivity contribution in [2.75, 3.05) is 49.5 Å². The summed E-state index contributed by atoms with van der Waals surface area (Å²) in [5.74, 6) is -0.308. The largest absolute Gasteiger partial charge is 0.367 e. The zero-order valence-corrected chi connectivity index (χ0v) is 20.2. The molecule has 0 spiro atoms. The Morgan fingerprint density at radius 1 is 1.15 bits per heavy atom. The van der Waals surface area contributed by atoms with Crippen molar-refractivity contribution in [3.63, 3.8) is 0 Å². The second-order valence-electron chi connectivity index (χ2n) is 8.37. The molecule has 2 aliphatic rings. The van der Waals surface area contributed by atoms with Crippen LogP contribution in [0, 0.1) is 5.82 Å². The lowest BCUT2D eigenvalue weighted by Gasteiger charge is -2.36. The predicted molar refractivity (Wildman–Crippen MR) is 130 cm³/mol. The number of anilines is 2. The standard InChI is InChI=1S/C23H29FN4O3S2/c1-17-15-23(29)26-20-16-18(7-8-22(20)32-17)33(30,31)25-9-4-10-27-11-13-28(14-12-27)21-6-3-2-5-19(21)24/h2-3,5-8,16-17,25H,4,9-15H2,1H3,(H,26,29)/t17-/m1/s1. The molecular weight excluding hydrogens is 463 g/mol. The Morgan fingerprint density at radius 3 is 2.67 bits per heavy atom. The first-order chi connectivity index (χ1) is 15.8. The van der Waals surface area contributed by atoms with Gasteiger partial charge in [0.2, 0.25) is 15.9 Å². The third kappa shape index (κ3) is 6.06. The molecule has 4 rings (SSSR count). The van der Waals surface area contributed by atoms with E-state index >= 15 is 0 Å². The minimum Gasteiger partial charge on any atom is -0.367 e. The van der Waals surface area contributed by atoms with Crippen LogP contribution in [-0.2, 0) is 14.8 Å². The number of carbonyl (C=O) groups excluding carboxylic acids is 1. The van der Waals surface area contributed by atoms with E-state index in [1.807, 2.05) is 17.9 Å². The van der Waals surface area contributed by atoms with E-state index in [4.69, 9.17) is 0 Å². The van der Waals surface area contributed by atoms with Crippen LogP contribution in [0.1, 0.15) is 19.8 Å². The van der Waals surface area contributed by atoms with Gasteiger partial charge < -0.3 is 10.2 Å². The van der Waals surface area contributed by atoms with Gasteiger partial charge in [-0.15, -0.1) is 11.8 Å². The molecule has 178 valence electrons. The molecule has 2 aromatic carbocycles. The SMILES string of the molecule is C[C@@H]1CC(=O)Nc2cc(S(=O)(=O)NCCCN3CCN(c4ccccc4F)CC3)ccc2S1. The Hall–Kier alpha value is -2.14. The third-order valence-corrected chi connectivity index (χ3v) is 8.48. The number of nitrogens with zero attached hydrogens (tertiary/aromatic N) is 2. The van der Waals surface area contributed by atoms with Crippen LogP contribution in [0.15, 0.2) is 52.3 Å². The van der Waals surface area contributed by atoms with Crippen LogP contribution in [0.2, 0.25) is 0 Å². The fraction of sp³-hybridized carbons (Fsp3) is 0.435. The molecule has 1 atom stereocenters. The van der Waals surface area contributed by atoms with Crippen LogP contribution in [-0.4, -0.2) is 63.7 Å². The van der Waals surface area contributed by atoms with Gasteiger partial charge in [0.05, 0.1) is 16.3 Å². The van der Waals surface area contributed by atoms with E-state index < -0.39 is 10.0 Å². The number of rotatable bonds is 7. The number of hydrogen-bond donors (Lipinski definition) is 2. The van der Waals surface area contributed by atoms with Gasteiger partial charge >= 0.3 is 0 Å². The third-order valence-electron chi connectivity index (χ3n) is 5.85. The van der Waals surface area contributed by atoms with E-state index in [2.05, 4.69) is 14.9 Å². The highest BCUT2D eigenvalue weighted by Gasteiger charge is 2.23. The highest BCUT2D eigenvalue weighted by Crippen LogP contribution is 2.36. The summed E-state index contributed by atoms with van der Waals surface area (Å²) >= 11 is 1.56. The summed E-state index contributed by atoms with van der Waals surface area (Å²) < 4.78 is 42.1. The quantitative estimate of drug-likeness (QED) is 0.578. The highest BCUT2D eigenvalue weighted by molar-refractivity contribution is 8.00. The molecule has 33 heavy (non-hydrogen) atoms. The Morgan fingerprint density at radius 2 is 1.91 bits per heavy atom. The Kier molecular flexibility index (Phi) is 7.58. The van der Waals surface area contributed by atoms with E-state index in [1.165, 1.54) is 12.1 Å². The number of amides is 1. The van der Waals surface area contributed by atoms with Gasteiger partial charge in [-0.3, -0.25) is 9.69 Å². The molecule has 0 radical (unpaired) electrons. The highest BCUT2D eigenvalue weighted by atomic mass is 32.2. The average Bonchev–Trinajstić information content (AvgIpc) is 2.93. The summed E-state index contributed by atoms with van der Waals surface area (Å²) in [6.07, 6.45) is 1.07. The number of para-hydroxylation sites is 1. The Balaban J connectivity index is 1.25. The topological polar surface area (TPSA) is 81.7 Å². The molecule has 10 heteroatoms. The molecule has 1 amide bonds. The normalized spacial score (nSPS) is 19.6. The molecule has 2 aromatic rings. The van der Waals surface area contributed by atoms with Gasteiger partial charge in [-0.1, -0.05) is 19.1 Å². The van der Waals surface area contributed by atoms with Crippen molar-refractivity contribution in [3.8, 4) is 0 Å². The van der Waals surface area contributed by atoms with Crippen LogP contribution in [0.4, 0.5) is 15.8 Å². The van der Waals surface area contributed by atoms with E-state index in [9.17, 15) is 17.6 Å². The maximum absolute atomic E-state index is 14.0. The number of sulfonamides is 1.